The first-order valence-electron chi connectivity index (χ1n) is 5.73. The first-order chi connectivity index (χ1) is 8.99. The van der Waals surface area contributed by atoms with Crippen LogP contribution in [-0.4, -0.2) is 48.7 Å². The second-order valence-corrected chi connectivity index (χ2v) is 4.78. The van der Waals surface area contributed by atoms with Crippen molar-refractivity contribution < 1.29 is 23.8 Å². The lowest BCUT2D eigenvalue weighted by Crippen LogP contribution is -2.38. The Kier molecular flexibility index (Phi) is 6.04. The topological polar surface area (TPSA) is 80.0 Å². The quantitative estimate of drug-likeness (QED) is 0.793. The van der Waals surface area contributed by atoms with Gasteiger partial charge in [-0.1, -0.05) is 6.92 Å². The fraction of sp³-hybridized carbons (Fsp3) is 0.500. The summed E-state index contributed by atoms with van der Waals surface area (Å²) in [4.78, 5) is 24.9. The summed E-state index contributed by atoms with van der Waals surface area (Å²) >= 11 is 3.11. The van der Waals surface area contributed by atoms with Crippen LogP contribution in [0.25, 0.3) is 0 Å². The first kappa shape index (κ1) is 15.7. The number of carbonyl (C=O) groups is 2. The Balaban J connectivity index is 2.76. The van der Waals surface area contributed by atoms with E-state index in [2.05, 4.69) is 20.7 Å². The van der Waals surface area contributed by atoms with E-state index in [1.807, 2.05) is 0 Å². The average molecular weight is 334 g/mol. The van der Waals surface area contributed by atoms with Gasteiger partial charge >= 0.3 is 5.97 Å². The van der Waals surface area contributed by atoms with Crippen LogP contribution >= 0.6 is 15.9 Å². The molecule has 6 nitrogen and oxygen atoms in total. The summed E-state index contributed by atoms with van der Waals surface area (Å²) in [5.74, 6) is -1.11. The van der Waals surface area contributed by atoms with Crippen LogP contribution in [0.1, 0.15) is 17.5 Å². The maximum atomic E-state index is 12.1. The summed E-state index contributed by atoms with van der Waals surface area (Å²) in [6, 6.07) is 3.13. The Hall–Kier alpha value is -1.34. The minimum atomic E-state index is -0.473. The Morgan fingerprint density at radius 1 is 1.53 bits per heavy atom. The van der Waals surface area contributed by atoms with Crippen LogP contribution in [-0.2, 0) is 9.53 Å². The normalized spacial score (nSPS) is 12.0. The SMILES string of the molecule is COC(=O)C(C)CN(CCO)C(=O)c1ccc(Br)o1. The van der Waals surface area contributed by atoms with E-state index in [9.17, 15) is 9.59 Å². The Labute approximate surface area is 119 Å². The van der Waals surface area contributed by atoms with Crippen LogP contribution in [0, 0.1) is 5.92 Å². The molecule has 1 amide bonds. The summed E-state index contributed by atoms with van der Waals surface area (Å²) in [6.45, 7) is 1.74. The summed E-state index contributed by atoms with van der Waals surface area (Å²) in [6.07, 6.45) is 0. The van der Waals surface area contributed by atoms with Crippen LogP contribution < -0.4 is 0 Å². The van der Waals surface area contributed by atoms with Crippen LogP contribution in [0.3, 0.4) is 0 Å². The second kappa shape index (κ2) is 7.30. The lowest BCUT2D eigenvalue weighted by atomic mass is 10.1. The Bertz CT molecular complexity index is 445. The largest absolute Gasteiger partial charge is 0.469 e. The number of amides is 1. The van der Waals surface area contributed by atoms with Crippen molar-refractivity contribution in [3.05, 3.63) is 22.6 Å². The number of furan rings is 1. The van der Waals surface area contributed by atoms with Gasteiger partial charge in [-0.15, -0.1) is 0 Å². The Morgan fingerprint density at radius 2 is 2.21 bits per heavy atom. The number of ether oxygens (including phenoxy) is 1. The second-order valence-electron chi connectivity index (χ2n) is 4.00. The number of esters is 1. The molecule has 7 heteroatoms. The van der Waals surface area contributed by atoms with Gasteiger partial charge in [-0.3, -0.25) is 9.59 Å². The first-order valence-corrected chi connectivity index (χ1v) is 6.52. The predicted molar refractivity (Wildman–Crippen MR) is 70.6 cm³/mol. The number of nitrogens with zero attached hydrogens (tertiary/aromatic N) is 1. The van der Waals surface area contributed by atoms with E-state index in [1.165, 1.54) is 18.1 Å². The molecule has 0 radical (unpaired) electrons. The van der Waals surface area contributed by atoms with Gasteiger partial charge in [0.25, 0.3) is 5.91 Å². The zero-order valence-electron chi connectivity index (χ0n) is 10.8. The van der Waals surface area contributed by atoms with Crippen molar-refractivity contribution in [2.24, 2.45) is 5.92 Å². The fourth-order valence-electron chi connectivity index (χ4n) is 1.59. The molecule has 0 aliphatic carbocycles. The maximum absolute atomic E-state index is 12.1. The molecular formula is C12H16BrNO5. The third-order valence-electron chi connectivity index (χ3n) is 2.54. The number of halogens is 1. The highest BCUT2D eigenvalue weighted by Crippen LogP contribution is 2.16. The monoisotopic (exact) mass is 333 g/mol. The fourth-order valence-corrected chi connectivity index (χ4v) is 1.89. The van der Waals surface area contributed by atoms with Gasteiger partial charge in [0.05, 0.1) is 19.6 Å². The average Bonchev–Trinajstić information content (AvgIpc) is 2.82. The highest BCUT2D eigenvalue weighted by Gasteiger charge is 2.24. The van der Waals surface area contributed by atoms with E-state index < -0.39 is 11.9 Å². The minimum absolute atomic E-state index is 0.123. The number of rotatable bonds is 6. The van der Waals surface area contributed by atoms with Crippen LogP contribution in [0.2, 0.25) is 0 Å². The van der Waals surface area contributed by atoms with Crippen molar-refractivity contribution in [2.45, 2.75) is 6.92 Å². The molecule has 0 aliphatic heterocycles. The highest BCUT2D eigenvalue weighted by atomic mass is 79.9. The summed E-state index contributed by atoms with van der Waals surface area (Å²) in [5, 5.41) is 9.00. The third kappa shape index (κ3) is 4.36. The number of methoxy groups -OCH3 is 1. The van der Waals surface area contributed by atoms with Crippen LogP contribution in [0.5, 0.6) is 0 Å². The molecule has 19 heavy (non-hydrogen) atoms. The summed E-state index contributed by atoms with van der Waals surface area (Å²) < 4.78 is 10.2. The minimum Gasteiger partial charge on any atom is -0.469 e. The molecular weight excluding hydrogens is 318 g/mol. The van der Waals surface area contributed by atoms with Gasteiger partial charge < -0.3 is 19.2 Å². The molecule has 1 heterocycles. The molecule has 0 saturated carbocycles. The van der Waals surface area contributed by atoms with Crippen molar-refractivity contribution in [2.75, 3.05) is 26.8 Å². The number of carbonyl (C=O) groups excluding carboxylic acids is 2. The van der Waals surface area contributed by atoms with Gasteiger partial charge in [0.15, 0.2) is 10.4 Å². The molecule has 0 spiro atoms. The molecule has 0 saturated heterocycles. The number of aliphatic hydroxyl groups excluding tert-OH is 1. The molecule has 106 valence electrons. The standard InChI is InChI=1S/C12H16BrNO5/c1-8(12(17)18-2)7-14(5-6-15)11(16)9-3-4-10(13)19-9/h3-4,8,15H,5-7H2,1-2H3. The Morgan fingerprint density at radius 3 is 2.68 bits per heavy atom. The van der Waals surface area contributed by atoms with Crippen molar-refractivity contribution >= 4 is 27.8 Å². The zero-order valence-corrected chi connectivity index (χ0v) is 12.3. The summed E-state index contributed by atoms with van der Waals surface area (Å²) in [7, 11) is 1.29. The zero-order chi connectivity index (χ0) is 14.4. The van der Waals surface area contributed by atoms with Gasteiger partial charge in [-0.25, -0.2) is 0 Å². The van der Waals surface area contributed by atoms with Crippen molar-refractivity contribution in [1.29, 1.82) is 0 Å². The van der Waals surface area contributed by atoms with Gasteiger partial charge in [0, 0.05) is 13.1 Å². The molecule has 0 fully saturated rings. The number of hydrogen-bond donors (Lipinski definition) is 1. The van der Waals surface area contributed by atoms with Crippen LogP contribution in [0.15, 0.2) is 21.2 Å². The van der Waals surface area contributed by atoms with Gasteiger partial charge in [-0.2, -0.15) is 0 Å². The van der Waals surface area contributed by atoms with Crippen molar-refractivity contribution in [1.82, 2.24) is 4.90 Å². The molecule has 1 N–H and O–H groups in total. The molecule has 1 unspecified atom stereocenters. The van der Waals surface area contributed by atoms with E-state index in [0.29, 0.717) is 4.67 Å². The van der Waals surface area contributed by atoms with Gasteiger partial charge in [0.2, 0.25) is 0 Å². The van der Waals surface area contributed by atoms with E-state index in [0.717, 1.165) is 0 Å². The molecule has 0 bridgehead atoms. The van der Waals surface area contributed by atoms with Gasteiger partial charge in [-0.05, 0) is 28.1 Å². The number of aliphatic hydroxyl groups is 1. The highest BCUT2D eigenvalue weighted by molar-refractivity contribution is 9.10. The smallest absolute Gasteiger partial charge is 0.310 e. The van der Waals surface area contributed by atoms with Crippen molar-refractivity contribution in [3.8, 4) is 0 Å². The lowest BCUT2D eigenvalue weighted by Gasteiger charge is -2.23. The molecule has 1 aromatic rings. The molecule has 1 rings (SSSR count). The summed E-state index contributed by atoms with van der Waals surface area (Å²) in [5.41, 5.74) is 0. The van der Waals surface area contributed by atoms with Crippen LogP contribution in [0.4, 0.5) is 0 Å². The number of hydrogen-bond acceptors (Lipinski definition) is 5. The molecule has 1 aromatic heterocycles. The van der Waals surface area contributed by atoms with E-state index in [-0.39, 0.29) is 31.4 Å². The third-order valence-corrected chi connectivity index (χ3v) is 2.97. The van der Waals surface area contributed by atoms with Gasteiger partial charge in [0.1, 0.15) is 0 Å². The molecule has 0 aliphatic rings. The van der Waals surface area contributed by atoms with E-state index in [4.69, 9.17) is 9.52 Å². The lowest BCUT2D eigenvalue weighted by molar-refractivity contribution is -0.145. The van der Waals surface area contributed by atoms with Crippen molar-refractivity contribution in [3.63, 3.8) is 0 Å². The molecule has 1 atom stereocenters. The maximum Gasteiger partial charge on any atom is 0.310 e. The molecule has 0 aromatic carbocycles. The van der Waals surface area contributed by atoms with E-state index >= 15 is 0 Å². The predicted octanol–water partition coefficient (Wildman–Crippen LogP) is 1.29. The van der Waals surface area contributed by atoms with E-state index in [1.54, 1.807) is 13.0 Å².